The Balaban J connectivity index is 1.78. The summed E-state index contributed by atoms with van der Waals surface area (Å²) in [6.07, 6.45) is 1.98. The molecule has 0 radical (unpaired) electrons. The van der Waals surface area contributed by atoms with Crippen LogP contribution in [0.3, 0.4) is 0 Å². The largest absolute Gasteiger partial charge is 0.497 e. The fourth-order valence-corrected chi connectivity index (χ4v) is 9.86. The third-order valence-corrected chi connectivity index (χ3v) is 11.4. The molecule has 4 rings (SSSR count). The first-order valence-electron chi connectivity index (χ1n) is 11.8. The zero-order valence-electron chi connectivity index (χ0n) is 21.2. The summed E-state index contributed by atoms with van der Waals surface area (Å²) in [6, 6.07) is 33.7. The van der Waals surface area contributed by atoms with Crippen LogP contribution in [-0.2, 0) is 0 Å². The molecule has 0 aromatic heterocycles. The van der Waals surface area contributed by atoms with E-state index in [-0.39, 0.29) is 0 Å². The van der Waals surface area contributed by atoms with Crippen molar-refractivity contribution in [3.63, 3.8) is 0 Å². The van der Waals surface area contributed by atoms with E-state index in [1.807, 2.05) is 24.3 Å². The number of rotatable bonds is 11. The van der Waals surface area contributed by atoms with Crippen molar-refractivity contribution in [1.29, 1.82) is 0 Å². The maximum Gasteiger partial charge on any atom is 0.127 e. The van der Waals surface area contributed by atoms with Crippen LogP contribution < -0.4 is 40.2 Å². The van der Waals surface area contributed by atoms with Crippen LogP contribution in [0.2, 0.25) is 0 Å². The lowest BCUT2D eigenvalue weighted by molar-refractivity contribution is 0.406. The Morgan fingerprint density at radius 1 is 0.472 bits per heavy atom. The smallest absolute Gasteiger partial charge is 0.127 e. The van der Waals surface area contributed by atoms with Gasteiger partial charge in [-0.1, -0.05) is 60.7 Å². The van der Waals surface area contributed by atoms with Crippen molar-refractivity contribution in [1.82, 2.24) is 0 Å². The highest BCUT2D eigenvalue weighted by atomic mass is 31.1. The number of ether oxygens (including phenoxy) is 4. The molecule has 0 heterocycles. The van der Waals surface area contributed by atoms with Gasteiger partial charge in [0.15, 0.2) is 0 Å². The Bertz CT molecular complexity index is 1150. The van der Waals surface area contributed by atoms with Gasteiger partial charge in [0.25, 0.3) is 0 Å². The van der Waals surface area contributed by atoms with Crippen molar-refractivity contribution in [3.8, 4) is 23.0 Å². The third kappa shape index (κ3) is 6.01. The number of hydrogen-bond donors (Lipinski definition) is 0. The molecule has 0 saturated heterocycles. The molecule has 0 aliphatic rings. The van der Waals surface area contributed by atoms with E-state index in [1.165, 1.54) is 21.2 Å². The molecule has 186 valence electrons. The van der Waals surface area contributed by atoms with E-state index in [9.17, 15) is 0 Å². The van der Waals surface area contributed by atoms with Gasteiger partial charge in [-0.3, -0.25) is 0 Å². The molecule has 4 aromatic carbocycles. The minimum absolute atomic E-state index is 0.699. The van der Waals surface area contributed by atoms with Crippen LogP contribution in [0, 0.1) is 0 Å². The van der Waals surface area contributed by atoms with Crippen molar-refractivity contribution in [3.05, 3.63) is 97.1 Å². The summed E-state index contributed by atoms with van der Waals surface area (Å²) in [4.78, 5) is 0. The topological polar surface area (TPSA) is 36.9 Å². The van der Waals surface area contributed by atoms with Crippen LogP contribution in [0.4, 0.5) is 0 Å². The first-order chi connectivity index (χ1) is 17.7. The Kier molecular flexibility index (Phi) is 9.23. The van der Waals surface area contributed by atoms with E-state index < -0.39 is 15.8 Å². The summed E-state index contributed by atoms with van der Waals surface area (Å²) in [6.45, 7) is 0. The van der Waals surface area contributed by atoms with Crippen LogP contribution in [0.1, 0.15) is 0 Å². The Morgan fingerprint density at radius 2 is 0.861 bits per heavy atom. The van der Waals surface area contributed by atoms with Gasteiger partial charge in [0.05, 0.1) is 28.4 Å². The first kappa shape index (κ1) is 26.0. The number of methoxy groups -OCH3 is 4. The summed E-state index contributed by atoms with van der Waals surface area (Å²) >= 11 is 0. The van der Waals surface area contributed by atoms with E-state index in [4.69, 9.17) is 18.9 Å². The second-order valence-corrected chi connectivity index (χ2v) is 12.7. The van der Waals surface area contributed by atoms with Gasteiger partial charge in [0, 0.05) is 10.6 Å². The summed E-state index contributed by atoms with van der Waals surface area (Å²) in [5.74, 6) is 3.48. The molecular weight excluding hydrogens is 486 g/mol. The summed E-state index contributed by atoms with van der Waals surface area (Å²) in [5, 5.41) is 5.02. The van der Waals surface area contributed by atoms with Gasteiger partial charge in [0.1, 0.15) is 23.0 Å². The van der Waals surface area contributed by atoms with Gasteiger partial charge < -0.3 is 18.9 Å². The average Bonchev–Trinajstić information content (AvgIpc) is 2.95. The van der Waals surface area contributed by atoms with E-state index in [0.717, 1.165) is 35.3 Å². The second kappa shape index (κ2) is 12.8. The quantitative estimate of drug-likeness (QED) is 0.253. The van der Waals surface area contributed by atoms with Gasteiger partial charge in [-0.15, -0.1) is 0 Å². The van der Waals surface area contributed by atoms with E-state index in [0.29, 0.717) is 0 Å². The molecule has 4 nitrogen and oxygen atoms in total. The lowest BCUT2D eigenvalue weighted by atomic mass is 10.3. The van der Waals surface area contributed by atoms with Gasteiger partial charge in [-0.25, -0.2) is 0 Å². The molecule has 0 aliphatic heterocycles. The summed E-state index contributed by atoms with van der Waals surface area (Å²) in [7, 11) is 5.50. The molecule has 0 amide bonds. The Hall–Kier alpha value is -3.06. The van der Waals surface area contributed by atoms with Crippen LogP contribution in [0.15, 0.2) is 97.1 Å². The van der Waals surface area contributed by atoms with Crippen molar-refractivity contribution < 1.29 is 18.9 Å². The summed E-state index contributed by atoms with van der Waals surface area (Å²) in [5.41, 5.74) is 0. The normalized spacial score (nSPS) is 12.4. The lowest BCUT2D eigenvalue weighted by Gasteiger charge is -2.26. The Labute approximate surface area is 216 Å². The molecule has 0 saturated carbocycles. The van der Waals surface area contributed by atoms with Crippen molar-refractivity contribution >= 4 is 37.1 Å². The standard InChI is InChI=1S/C30H32O4P2/c1-31-23-15-17-27(33-3)29(21-23)35(25-11-7-5-8-12-25)19-20-36(26-13-9-6-10-14-26)30-22-24(32-2)16-18-28(30)34-4/h5-18,21-22H,19-20H2,1-4H3/t35-,36+. The maximum absolute atomic E-state index is 5.82. The molecule has 6 heteroatoms. The van der Waals surface area contributed by atoms with Gasteiger partial charge in [-0.2, -0.15) is 0 Å². The third-order valence-electron chi connectivity index (χ3n) is 6.04. The lowest BCUT2D eigenvalue weighted by Crippen LogP contribution is -2.21. The molecule has 4 aromatic rings. The number of hydrogen-bond acceptors (Lipinski definition) is 4. The van der Waals surface area contributed by atoms with E-state index in [1.54, 1.807) is 28.4 Å². The molecule has 0 N–H and O–H groups in total. The van der Waals surface area contributed by atoms with E-state index >= 15 is 0 Å². The molecule has 0 unspecified atom stereocenters. The van der Waals surface area contributed by atoms with Crippen LogP contribution in [-0.4, -0.2) is 40.8 Å². The minimum atomic E-state index is -0.699. The predicted octanol–water partition coefficient (Wildman–Crippen LogP) is 5.29. The van der Waals surface area contributed by atoms with Crippen molar-refractivity contribution in [2.75, 3.05) is 40.8 Å². The van der Waals surface area contributed by atoms with Crippen LogP contribution in [0.25, 0.3) is 0 Å². The fourth-order valence-electron chi connectivity index (χ4n) is 4.21. The van der Waals surface area contributed by atoms with Crippen molar-refractivity contribution in [2.45, 2.75) is 0 Å². The molecule has 0 bridgehead atoms. The highest BCUT2D eigenvalue weighted by Crippen LogP contribution is 2.45. The van der Waals surface area contributed by atoms with Gasteiger partial charge in [0.2, 0.25) is 0 Å². The van der Waals surface area contributed by atoms with Crippen LogP contribution in [0.5, 0.6) is 23.0 Å². The second-order valence-electron chi connectivity index (χ2n) is 8.05. The van der Waals surface area contributed by atoms with Gasteiger partial charge in [-0.05, 0) is 75.2 Å². The zero-order chi connectivity index (χ0) is 25.3. The number of benzene rings is 4. The molecular formula is C30H32O4P2. The molecule has 0 fully saturated rings. The minimum Gasteiger partial charge on any atom is -0.497 e. The SMILES string of the molecule is COc1ccc(OC)c([P@](CC[P@@](c2ccccc2)c2cc(OC)ccc2OC)c2ccccc2)c1. The van der Waals surface area contributed by atoms with E-state index in [2.05, 4.69) is 72.8 Å². The molecule has 0 aliphatic carbocycles. The predicted molar refractivity (Wildman–Crippen MR) is 154 cm³/mol. The highest BCUT2D eigenvalue weighted by molar-refractivity contribution is 7.76. The summed E-state index contributed by atoms with van der Waals surface area (Å²) < 4.78 is 22.8. The monoisotopic (exact) mass is 518 g/mol. The molecule has 36 heavy (non-hydrogen) atoms. The van der Waals surface area contributed by atoms with Crippen LogP contribution >= 0.6 is 15.8 Å². The average molecular weight is 519 g/mol. The first-order valence-corrected chi connectivity index (χ1v) is 14.8. The fraction of sp³-hybridized carbons (Fsp3) is 0.200. The maximum atomic E-state index is 5.82. The molecule has 0 spiro atoms. The van der Waals surface area contributed by atoms with Crippen molar-refractivity contribution in [2.24, 2.45) is 0 Å². The molecule has 2 atom stereocenters. The van der Waals surface area contributed by atoms with Gasteiger partial charge >= 0.3 is 0 Å². The zero-order valence-corrected chi connectivity index (χ0v) is 23.0. The Morgan fingerprint density at radius 3 is 1.19 bits per heavy atom. The highest BCUT2D eigenvalue weighted by Gasteiger charge is 2.24.